The Morgan fingerprint density at radius 2 is 1.92 bits per heavy atom. The van der Waals surface area contributed by atoms with Crippen molar-refractivity contribution in [3.8, 4) is 0 Å². The first-order chi connectivity index (χ1) is 11.8. The Morgan fingerprint density at radius 3 is 2.62 bits per heavy atom. The molecule has 0 spiro atoms. The van der Waals surface area contributed by atoms with Gasteiger partial charge in [-0.05, 0) is 37.5 Å². The van der Waals surface area contributed by atoms with Crippen LogP contribution in [-0.4, -0.2) is 59.1 Å². The lowest BCUT2D eigenvalue weighted by Crippen LogP contribution is -2.46. The summed E-state index contributed by atoms with van der Waals surface area (Å²) in [6.07, 6.45) is 11.1. The molecule has 1 aliphatic carbocycles. The minimum absolute atomic E-state index is 0.490. The molecule has 3 aliphatic heterocycles. The molecule has 0 radical (unpaired) electrons. The van der Waals surface area contributed by atoms with Crippen LogP contribution in [0, 0.1) is 11.8 Å². The van der Waals surface area contributed by atoms with E-state index in [-0.39, 0.29) is 0 Å². The molecule has 4 aliphatic rings. The summed E-state index contributed by atoms with van der Waals surface area (Å²) in [5.74, 6) is 2.60. The fourth-order valence-corrected chi connectivity index (χ4v) is 4.56. The van der Waals surface area contributed by atoms with Gasteiger partial charge >= 0.3 is 0 Å². The third-order valence-corrected chi connectivity index (χ3v) is 6.06. The fraction of sp³-hybridized carbons (Fsp3) is 0.789. The number of hydrogen-bond donors (Lipinski definition) is 0. The van der Waals surface area contributed by atoms with E-state index in [4.69, 9.17) is 4.74 Å². The molecule has 1 saturated carbocycles. The lowest BCUT2D eigenvalue weighted by Gasteiger charge is -2.40. The van der Waals surface area contributed by atoms with Crippen molar-refractivity contribution >= 4 is 0 Å². The van der Waals surface area contributed by atoms with Crippen LogP contribution in [0.15, 0.2) is 12.4 Å². The van der Waals surface area contributed by atoms with E-state index >= 15 is 0 Å². The van der Waals surface area contributed by atoms with Gasteiger partial charge in [-0.2, -0.15) is 0 Å². The quantitative estimate of drug-likeness (QED) is 0.801. The molecule has 0 N–H and O–H groups in total. The zero-order valence-corrected chi connectivity index (χ0v) is 14.9. The zero-order valence-electron chi connectivity index (χ0n) is 14.9. The number of ether oxygens (including phenoxy) is 1. The Labute approximate surface area is 145 Å². The van der Waals surface area contributed by atoms with Crippen molar-refractivity contribution in [2.45, 2.75) is 51.3 Å². The standard InChI is InChI=1S/C19H30N4O/c1-24-14-19-20-7-17(8-21-19)10-22-9-16-5-6-18(13-22)23(12-16)11-15-3-2-4-15/h7-8,15-16,18H,2-6,9-14H2,1H3/t16-,18+/m0/s1. The first-order valence-corrected chi connectivity index (χ1v) is 9.55. The van der Waals surface area contributed by atoms with Crippen LogP contribution in [0.4, 0.5) is 0 Å². The number of methoxy groups -OCH3 is 1. The second-order valence-electron chi connectivity index (χ2n) is 7.98. The summed E-state index contributed by atoms with van der Waals surface area (Å²) < 4.78 is 5.09. The van der Waals surface area contributed by atoms with Gasteiger partial charge in [0.25, 0.3) is 0 Å². The molecule has 4 heterocycles. The Balaban J connectivity index is 1.36. The van der Waals surface area contributed by atoms with Crippen LogP contribution in [0.5, 0.6) is 0 Å². The first-order valence-electron chi connectivity index (χ1n) is 9.55. The first kappa shape index (κ1) is 16.4. The molecule has 5 nitrogen and oxygen atoms in total. The van der Waals surface area contributed by atoms with Crippen LogP contribution < -0.4 is 0 Å². The second kappa shape index (κ2) is 7.46. The van der Waals surface area contributed by atoms with E-state index in [1.165, 1.54) is 63.8 Å². The summed E-state index contributed by atoms with van der Waals surface area (Å²) in [7, 11) is 1.68. The van der Waals surface area contributed by atoms with E-state index in [1.54, 1.807) is 7.11 Å². The van der Waals surface area contributed by atoms with Crippen molar-refractivity contribution in [2.75, 3.05) is 33.3 Å². The number of piperidine rings is 1. The summed E-state index contributed by atoms with van der Waals surface area (Å²) >= 11 is 0. The van der Waals surface area contributed by atoms with E-state index < -0.39 is 0 Å². The Kier molecular flexibility index (Phi) is 5.11. The summed E-state index contributed by atoms with van der Waals surface area (Å²) in [6, 6.07) is 0.762. The summed E-state index contributed by atoms with van der Waals surface area (Å²) in [5, 5.41) is 0. The molecule has 5 heteroatoms. The fourth-order valence-electron chi connectivity index (χ4n) is 4.56. The third kappa shape index (κ3) is 3.79. The third-order valence-electron chi connectivity index (χ3n) is 6.06. The molecule has 2 bridgehead atoms. The molecule has 0 aromatic carbocycles. The van der Waals surface area contributed by atoms with Crippen molar-refractivity contribution in [3.63, 3.8) is 0 Å². The minimum atomic E-state index is 0.490. The summed E-state index contributed by atoms with van der Waals surface area (Å²) in [4.78, 5) is 14.3. The van der Waals surface area contributed by atoms with Gasteiger partial charge in [-0.25, -0.2) is 9.97 Å². The molecule has 1 aromatic heterocycles. The van der Waals surface area contributed by atoms with Crippen LogP contribution in [-0.2, 0) is 17.9 Å². The van der Waals surface area contributed by atoms with E-state index in [2.05, 4.69) is 19.8 Å². The second-order valence-corrected chi connectivity index (χ2v) is 7.98. The van der Waals surface area contributed by atoms with Gasteiger partial charge in [0.15, 0.2) is 5.82 Å². The van der Waals surface area contributed by atoms with Gasteiger partial charge in [0.2, 0.25) is 0 Å². The van der Waals surface area contributed by atoms with Gasteiger partial charge in [-0.15, -0.1) is 0 Å². The highest BCUT2D eigenvalue weighted by Gasteiger charge is 2.36. The van der Waals surface area contributed by atoms with Crippen molar-refractivity contribution in [1.29, 1.82) is 0 Å². The van der Waals surface area contributed by atoms with Crippen LogP contribution in [0.3, 0.4) is 0 Å². The molecular weight excluding hydrogens is 300 g/mol. The molecule has 0 unspecified atom stereocenters. The average molecular weight is 330 g/mol. The molecule has 4 fully saturated rings. The number of nitrogens with zero attached hydrogens (tertiary/aromatic N) is 4. The van der Waals surface area contributed by atoms with Crippen LogP contribution in [0.25, 0.3) is 0 Å². The van der Waals surface area contributed by atoms with E-state index in [1.807, 2.05) is 12.4 Å². The van der Waals surface area contributed by atoms with Crippen LogP contribution >= 0.6 is 0 Å². The normalized spacial score (nSPS) is 28.7. The maximum absolute atomic E-state index is 5.09. The van der Waals surface area contributed by atoms with Gasteiger partial charge in [-0.1, -0.05) is 6.42 Å². The van der Waals surface area contributed by atoms with E-state index in [9.17, 15) is 0 Å². The number of rotatable bonds is 6. The smallest absolute Gasteiger partial charge is 0.153 e. The van der Waals surface area contributed by atoms with E-state index in [0.29, 0.717) is 6.61 Å². The number of hydrogen-bond acceptors (Lipinski definition) is 5. The van der Waals surface area contributed by atoms with Gasteiger partial charge in [-0.3, -0.25) is 9.80 Å². The Hall–Kier alpha value is -1.04. The lowest BCUT2D eigenvalue weighted by atomic mass is 9.83. The highest BCUT2D eigenvalue weighted by molar-refractivity contribution is 5.06. The minimum Gasteiger partial charge on any atom is -0.377 e. The highest BCUT2D eigenvalue weighted by atomic mass is 16.5. The maximum Gasteiger partial charge on any atom is 0.153 e. The zero-order chi connectivity index (χ0) is 16.4. The molecule has 132 valence electrons. The largest absolute Gasteiger partial charge is 0.377 e. The Morgan fingerprint density at radius 1 is 1.08 bits per heavy atom. The van der Waals surface area contributed by atoms with Crippen LogP contribution in [0.1, 0.15) is 43.5 Å². The van der Waals surface area contributed by atoms with Gasteiger partial charge in [0.05, 0.1) is 0 Å². The lowest BCUT2D eigenvalue weighted by molar-refractivity contribution is 0.0891. The molecule has 24 heavy (non-hydrogen) atoms. The average Bonchev–Trinajstić information content (AvgIpc) is 2.83. The van der Waals surface area contributed by atoms with Crippen molar-refractivity contribution < 1.29 is 4.74 Å². The topological polar surface area (TPSA) is 41.5 Å². The van der Waals surface area contributed by atoms with Gasteiger partial charge in [0.1, 0.15) is 6.61 Å². The number of aromatic nitrogens is 2. The van der Waals surface area contributed by atoms with Crippen molar-refractivity contribution in [2.24, 2.45) is 11.8 Å². The van der Waals surface area contributed by atoms with E-state index in [0.717, 1.165) is 30.2 Å². The molecular formula is C19H30N4O. The van der Waals surface area contributed by atoms with Crippen molar-refractivity contribution in [1.82, 2.24) is 19.8 Å². The monoisotopic (exact) mass is 330 g/mol. The summed E-state index contributed by atoms with van der Waals surface area (Å²) in [5.41, 5.74) is 1.22. The molecule has 0 amide bonds. The van der Waals surface area contributed by atoms with Gasteiger partial charge in [0, 0.05) is 63.8 Å². The molecule has 5 rings (SSSR count). The number of fused-ring (bicyclic) bond motifs is 4. The maximum atomic E-state index is 5.09. The molecule has 3 saturated heterocycles. The Bertz CT molecular complexity index is 531. The van der Waals surface area contributed by atoms with Crippen molar-refractivity contribution in [3.05, 3.63) is 23.8 Å². The molecule has 1 aromatic rings. The summed E-state index contributed by atoms with van der Waals surface area (Å²) in [6.45, 7) is 6.59. The molecule has 2 atom stereocenters. The highest BCUT2D eigenvalue weighted by Crippen LogP contribution is 2.33. The van der Waals surface area contributed by atoms with Gasteiger partial charge < -0.3 is 4.74 Å². The SMILES string of the molecule is COCc1ncc(CN2C[C@@H]3CC[C@H](C2)N(CC2CCC2)C3)cn1. The predicted octanol–water partition coefficient (Wildman–Crippen LogP) is 2.32. The predicted molar refractivity (Wildman–Crippen MR) is 93.4 cm³/mol. The van der Waals surface area contributed by atoms with Crippen LogP contribution in [0.2, 0.25) is 0 Å².